The van der Waals surface area contributed by atoms with Gasteiger partial charge in [-0.2, -0.15) is 0 Å². The van der Waals surface area contributed by atoms with Crippen LogP contribution in [-0.4, -0.2) is 11.5 Å². The van der Waals surface area contributed by atoms with E-state index in [0.717, 1.165) is 13.1 Å². The molecule has 3 heteroatoms. The maximum Gasteiger partial charge on any atom is 0.0271 e. The molecule has 0 unspecified atom stereocenters. The SMILES string of the molecule is CC(C)CNCc1ccncc1.[Cl-]. The Morgan fingerprint density at radius 3 is 2.46 bits per heavy atom. The first-order chi connectivity index (χ1) is 5.79. The fourth-order valence-electron chi connectivity index (χ4n) is 1.01. The highest BCUT2D eigenvalue weighted by molar-refractivity contribution is 5.08. The Hall–Kier alpha value is -0.600. The second kappa shape index (κ2) is 6.87. The molecule has 13 heavy (non-hydrogen) atoms. The van der Waals surface area contributed by atoms with E-state index < -0.39 is 0 Å². The van der Waals surface area contributed by atoms with Gasteiger partial charge in [0.2, 0.25) is 0 Å². The molecule has 0 bridgehead atoms. The van der Waals surface area contributed by atoms with Crippen LogP contribution in [0.4, 0.5) is 0 Å². The molecule has 1 heterocycles. The first kappa shape index (κ1) is 12.4. The Bertz CT molecular complexity index is 211. The van der Waals surface area contributed by atoms with Crippen LogP contribution >= 0.6 is 0 Å². The van der Waals surface area contributed by atoms with E-state index in [1.807, 2.05) is 24.5 Å². The number of nitrogens with one attached hydrogen (secondary N) is 1. The summed E-state index contributed by atoms with van der Waals surface area (Å²) in [7, 11) is 0. The number of nitrogens with zero attached hydrogens (tertiary/aromatic N) is 1. The van der Waals surface area contributed by atoms with Crippen LogP contribution in [0.5, 0.6) is 0 Å². The van der Waals surface area contributed by atoms with Gasteiger partial charge in [-0.05, 0) is 30.2 Å². The highest BCUT2D eigenvalue weighted by atomic mass is 35.5. The van der Waals surface area contributed by atoms with Gasteiger partial charge in [-0.15, -0.1) is 0 Å². The molecule has 0 radical (unpaired) electrons. The molecular weight excluding hydrogens is 184 g/mol. The van der Waals surface area contributed by atoms with Crippen LogP contribution in [0.1, 0.15) is 19.4 Å². The van der Waals surface area contributed by atoms with Gasteiger partial charge in [0.15, 0.2) is 0 Å². The number of hydrogen-bond donors (Lipinski definition) is 1. The van der Waals surface area contributed by atoms with Crippen molar-refractivity contribution in [1.82, 2.24) is 10.3 Å². The minimum absolute atomic E-state index is 0. The summed E-state index contributed by atoms with van der Waals surface area (Å²) < 4.78 is 0. The van der Waals surface area contributed by atoms with Crippen molar-refractivity contribution in [2.24, 2.45) is 5.92 Å². The molecule has 1 aromatic rings. The van der Waals surface area contributed by atoms with Crippen LogP contribution in [0.25, 0.3) is 0 Å². The van der Waals surface area contributed by atoms with Crippen molar-refractivity contribution in [2.75, 3.05) is 6.54 Å². The zero-order valence-corrected chi connectivity index (χ0v) is 8.88. The molecule has 0 aromatic carbocycles. The quantitative estimate of drug-likeness (QED) is 0.662. The molecule has 0 amide bonds. The van der Waals surface area contributed by atoms with Gasteiger partial charge in [0, 0.05) is 18.9 Å². The van der Waals surface area contributed by atoms with Gasteiger partial charge in [-0.1, -0.05) is 13.8 Å². The van der Waals surface area contributed by atoms with Gasteiger partial charge in [0.25, 0.3) is 0 Å². The molecule has 1 aromatic heterocycles. The Balaban J connectivity index is 0.00000144. The van der Waals surface area contributed by atoms with Gasteiger partial charge < -0.3 is 17.7 Å². The average molecular weight is 200 g/mol. The van der Waals surface area contributed by atoms with Gasteiger partial charge in [-0.25, -0.2) is 0 Å². The third kappa shape index (κ3) is 5.61. The predicted octanol–water partition coefficient (Wildman–Crippen LogP) is -1.17. The Morgan fingerprint density at radius 1 is 1.31 bits per heavy atom. The van der Waals surface area contributed by atoms with E-state index >= 15 is 0 Å². The summed E-state index contributed by atoms with van der Waals surface area (Å²) >= 11 is 0. The number of halogens is 1. The molecule has 1 N–H and O–H groups in total. The number of pyridine rings is 1. The van der Waals surface area contributed by atoms with Crippen molar-refractivity contribution in [2.45, 2.75) is 20.4 Å². The average Bonchev–Trinajstić information content (AvgIpc) is 2.05. The van der Waals surface area contributed by atoms with E-state index in [9.17, 15) is 0 Å². The zero-order valence-electron chi connectivity index (χ0n) is 8.13. The molecule has 0 aliphatic heterocycles. The third-order valence-corrected chi connectivity index (χ3v) is 1.63. The van der Waals surface area contributed by atoms with E-state index in [1.165, 1.54) is 5.56 Å². The number of rotatable bonds is 4. The Morgan fingerprint density at radius 2 is 1.92 bits per heavy atom. The van der Waals surface area contributed by atoms with Crippen molar-refractivity contribution in [3.63, 3.8) is 0 Å². The van der Waals surface area contributed by atoms with Gasteiger partial charge >= 0.3 is 0 Å². The Labute approximate surface area is 86.2 Å². The molecule has 0 fully saturated rings. The molecule has 0 spiro atoms. The summed E-state index contributed by atoms with van der Waals surface area (Å²) in [6.45, 7) is 6.43. The minimum atomic E-state index is 0. The van der Waals surface area contributed by atoms with Crippen molar-refractivity contribution in [3.05, 3.63) is 30.1 Å². The summed E-state index contributed by atoms with van der Waals surface area (Å²) in [6, 6.07) is 4.07. The van der Waals surface area contributed by atoms with E-state index in [0.29, 0.717) is 5.92 Å². The maximum atomic E-state index is 3.96. The Kier molecular flexibility index (Phi) is 6.55. The lowest BCUT2D eigenvalue weighted by Crippen LogP contribution is -3.00. The van der Waals surface area contributed by atoms with Crippen molar-refractivity contribution in [1.29, 1.82) is 0 Å². The highest BCUT2D eigenvalue weighted by Crippen LogP contribution is 1.95. The molecule has 1 rings (SSSR count). The van der Waals surface area contributed by atoms with Crippen LogP contribution in [0.15, 0.2) is 24.5 Å². The van der Waals surface area contributed by atoms with E-state index in [1.54, 1.807) is 0 Å². The molecule has 0 saturated carbocycles. The van der Waals surface area contributed by atoms with Crippen LogP contribution in [0, 0.1) is 5.92 Å². The van der Waals surface area contributed by atoms with Crippen LogP contribution < -0.4 is 17.7 Å². The lowest BCUT2D eigenvalue weighted by atomic mass is 10.2. The molecule has 0 aliphatic rings. The summed E-state index contributed by atoms with van der Waals surface area (Å²) in [4.78, 5) is 3.96. The van der Waals surface area contributed by atoms with Crippen molar-refractivity contribution >= 4 is 0 Å². The molecule has 0 saturated heterocycles. The molecular formula is C10H16ClN2-. The van der Waals surface area contributed by atoms with Crippen molar-refractivity contribution in [3.8, 4) is 0 Å². The summed E-state index contributed by atoms with van der Waals surface area (Å²) in [6.07, 6.45) is 3.65. The topological polar surface area (TPSA) is 24.9 Å². The summed E-state index contributed by atoms with van der Waals surface area (Å²) in [5, 5.41) is 3.37. The second-order valence-corrected chi connectivity index (χ2v) is 3.38. The maximum absolute atomic E-state index is 3.96. The lowest BCUT2D eigenvalue weighted by molar-refractivity contribution is -0.00000279. The van der Waals surface area contributed by atoms with E-state index in [4.69, 9.17) is 0 Å². The standard InChI is InChI=1S/C10H16N2.ClH/c1-9(2)7-12-8-10-3-5-11-6-4-10;/h3-6,9,12H,7-8H2,1-2H3;1H/p-1. The third-order valence-electron chi connectivity index (χ3n) is 1.63. The highest BCUT2D eigenvalue weighted by Gasteiger charge is 1.93. The summed E-state index contributed by atoms with van der Waals surface area (Å²) in [5.74, 6) is 0.715. The largest absolute Gasteiger partial charge is 1.00 e. The van der Waals surface area contributed by atoms with Crippen molar-refractivity contribution < 1.29 is 12.4 Å². The molecule has 0 atom stereocenters. The van der Waals surface area contributed by atoms with Gasteiger partial charge in [0.05, 0.1) is 0 Å². The van der Waals surface area contributed by atoms with E-state index in [2.05, 4.69) is 24.1 Å². The summed E-state index contributed by atoms with van der Waals surface area (Å²) in [5.41, 5.74) is 1.30. The first-order valence-corrected chi connectivity index (χ1v) is 4.38. The number of hydrogen-bond acceptors (Lipinski definition) is 2. The molecule has 0 aliphatic carbocycles. The minimum Gasteiger partial charge on any atom is -1.00 e. The second-order valence-electron chi connectivity index (χ2n) is 3.38. The predicted molar refractivity (Wildman–Crippen MR) is 50.8 cm³/mol. The normalized spacial score (nSPS) is 9.77. The van der Waals surface area contributed by atoms with E-state index in [-0.39, 0.29) is 12.4 Å². The fraction of sp³-hybridized carbons (Fsp3) is 0.500. The number of aromatic nitrogens is 1. The monoisotopic (exact) mass is 199 g/mol. The van der Waals surface area contributed by atoms with Crippen LogP contribution in [-0.2, 0) is 6.54 Å². The fourth-order valence-corrected chi connectivity index (χ4v) is 1.01. The first-order valence-electron chi connectivity index (χ1n) is 4.38. The van der Waals surface area contributed by atoms with Gasteiger partial charge in [-0.3, -0.25) is 4.98 Å². The molecule has 74 valence electrons. The zero-order chi connectivity index (χ0) is 8.81. The lowest BCUT2D eigenvalue weighted by Gasteiger charge is -2.06. The van der Waals surface area contributed by atoms with Crippen LogP contribution in [0.2, 0.25) is 0 Å². The smallest absolute Gasteiger partial charge is 0.0271 e. The molecule has 2 nitrogen and oxygen atoms in total. The van der Waals surface area contributed by atoms with Crippen LogP contribution in [0.3, 0.4) is 0 Å². The van der Waals surface area contributed by atoms with Gasteiger partial charge in [0.1, 0.15) is 0 Å².